The number of benzene rings is 2. The van der Waals surface area contributed by atoms with Gasteiger partial charge in [0.15, 0.2) is 5.13 Å². The SMILES string of the molecule is CCCCCCO[C@@H](C)c1cc(Br)cc(-c2csc(NC(=O)c3cc(Cl)c(/C=C(\C)C(=O)O)c(Cl)c3)n2)c1OC. The van der Waals surface area contributed by atoms with E-state index in [2.05, 4.69) is 33.2 Å². The minimum absolute atomic E-state index is 0.0652. The number of halogens is 3. The standard InChI is InChI=1S/C29H31BrCl2N2O5S/c1-5-6-7-8-9-39-17(3)20-13-19(30)14-22(26(20)38-4)25-15-40-29(33-25)34-27(35)18-11-23(31)21(24(32)12-18)10-16(2)28(36)37/h10-15,17H,5-9H2,1-4H3,(H,36,37)(H,33,34,35)/b16-10+/t17-/m0/s1. The number of unbranched alkanes of at least 4 members (excludes halogenated alkanes) is 3. The van der Waals surface area contributed by atoms with E-state index in [9.17, 15) is 9.59 Å². The van der Waals surface area contributed by atoms with Crippen LogP contribution in [0.2, 0.25) is 10.0 Å². The third kappa shape index (κ3) is 8.30. The molecule has 0 bridgehead atoms. The van der Waals surface area contributed by atoms with Crippen molar-refractivity contribution in [1.29, 1.82) is 0 Å². The molecule has 0 aliphatic rings. The van der Waals surface area contributed by atoms with Crippen LogP contribution < -0.4 is 10.1 Å². The number of amides is 1. The molecule has 1 atom stereocenters. The van der Waals surface area contributed by atoms with Crippen LogP contribution in [-0.4, -0.2) is 35.7 Å². The van der Waals surface area contributed by atoms with Gasteiger partial charge in [-0.25, -0.2) is 9.78 Å². The smallest absolute Gasteiger partial charge is 0.331 e. The Bertz CT molecular complexity index is 1390. The number of hydrogen-bond acceptors (Lipinski definition) is 6. The van der Waals surface area contributed by atoms with Crippen LogP contribution in [0, 0.1) is 0 Å². The van der Waals surface area contributed by atoms with Gasteiger partial charge in [0.1, 0.15) is 5.75 Å². The first-order valence-electron chi connectivity index (χ1n) is 12.7. The summed E-state index contributed by atoms with van der Waals surface area (Å²) in [6.45, 7) is 6.28. The Morgan fingerprint density at radius 2 is 1.88 bits per heavy atom. The van der Waals surface area contributed by atoms with Gasteiger partial charge in [0.2, 0.25) is 0 Å². The number of methoxy groups -OCH3 is 1. The highest BCUT2D eigenvalue weighted by Gasteiger charge is 2.21. The summed E-state index contributed by atoms with van der Waals surface area (Å²) in [4.78, 5) is 28.7. The second-order valence-electron chi connectivity index (χ2n) is 9.13. The highest BCUT2D eigenvalue weighted by atomic mass is 79.9. The molecule has 11 heteroatoms. The third-order valence-electron chi connectivity index (χ3n) is 6.13. The number of ether oxygens (including phenoxy) is 2. The quantitative estimate of drug-likeness (QED) is 0.139. The van der Waals surface area contributed by atoms with E-state index in [-0.39, 0.29) is 27.3 Å². The Morgan fingerprint density at radius 3 is 2.50 bits per heavy atom. The maximum atomic E-state index is 13.0. The molecule has 2 N–H and O–H groups in total. The Labute approximate surface area is 256 Å². The van der Waals surface area contributed by atoms with E-state index in [1.807, 2.05) is 24.4 Å². The van der Waals surface area contributed by atoms with Crippen molar-refractivity contribution in [2.75, 3.05) is 19.0 Å². The van der Waals surface area contributed by atoms with E-state index in [1.165, 1.54) is 49.3 Å². The summed E-state index contributed by atoms with van der Waals surface area (Å²) in [6, 6.07) is 6.78. The molecule has 0 spiro atoms. The van der Waals surface area contributed by atoms with E-state index in [0.717, 1.165) is 28.4 Å². The molecule has 0 fully saturated rings. The van der Waals surface area contributed by atoms with Crippen molar-refractivity contribution in [3.63, 3.8) is 0 Å². The molecule has 0 saturated heterocycles. The summed E-state index contributed by atoms with van der Waals surface area (Å²) in [5.74, 6) is -0.888. The fourth-order valence-electron chi connectivity index (χ4n) is 3.97. The molecule has 214 valence electrons. The molecule has 40 heavy (non-hydrogen) atoms. The summed E-state index contributed by atoms with van der Waals surface area (Å²) in [5, 5.41) is 14.4. The molecule has 1 heterocycles. The third-order valence-corrected chi connectivity index (χ3v) is 7.97. The Kier molecular flexibility index (Phi) is 12.0. The monoisotopic (exact) mass is 668 g/mol. The van der Waals surface area contributed by atoms with Gasteiger partial charge in [0.25, 0.3) is 5.91 Å². The zero-order valence-electron chi connectivity index (χ0n) is 22.6. The lowest BCUT2D eigenvalue weighted by atomic mass is 10.0. The van der Waals surface area contributed by atoms with Crippen LogP contribution in [0.4, 0.5) is 5.13 Å². The molecular formula is C29H31BrCl2N2O5S. The number of anilines is 1. The van der Waals surface area contributed by atoms with Gasteiger partial charge in [-0.15, -0.1) is 11.3 Å². The summed E-state index contributed by atoms with van der Waals surface area (Å²) >= 11 is 17.5. The lowest BCUT2D eigenvalue weighted by molar-refractivity contribution is -0.132. The Hall–Kier alpha value is -2.43. The Balaban J connectivity index is 1.81. The average molecular weight is 670 g/mol. The summed E-state index contributed by atoms with van der Waals surface area (Å²) in [5.41, 5.74) is 2.90. The highest BCUT2D eigenvalue weighted by Crippen LogP contribution is 2.41. The lowest BCUT2D eigenvalue weighted by Crippen LogP contribution is -2.12. The summed E-state index contributed by atoms with van der Waals surface area (Å²) in [7, 11) is 1.61. The predicted octanol–water partition coefficient (Wildman–Crippen LogP) is 9.29. The number of aliphatic carboxylic acids is 1. The molecule has 2 aromatic carbocycles. The van der Waals surface area contributed by atoms with Crippen molar-refractivity contribution >= 4 is 73.6 Å². The number of carboxylic acid groups (broad SMARTS) is 1. The molecule has 3 rings (SSSR count). The molecule has 0 radical (unpaired) electrons. The number of nitrogens with one attached hydrogen (secondary N) is 1. The van der Waals surface area contributed by atoms with Gasteiger partial charge in [-0.3, -0.25) is 10.1 Å². The van der Waals surface area contributed by atoms with Gasteiger partial charge in [-0.2, -0.15) is 0 Å². The summed E-state index contributed by atoms with van der Waals surface area (Å²) < 4.78 is 12.8. The zero-order valence-corrected chi connectivity index (χ0v) is 26.6. The maximum Gasteiger partial charge on any atom is 0.331 e. The van der Waals surface area contributed by atoms with Gasteiger partial charge < -0.3 is 14.6 Å². The zero-order chi connectivity index (χ0) is 29.4. The van der Waals surface area contributed by atoms with E-state index in [0.29, 0.717) is 28.7 Å². The molecule has 7 nitrogen and oxygen atoms in total. The second kappa shape index (κ2) is 15.0. The van der Waals surface area contributed by atoms with Gasteiger partial charge in [-0.05, 0) is 50.6 Å². The largest absolute Gasteiger partial charge is 0.496 e. The maximum absolute atomic E-state index is 13.0. The van der Waals surface area contributed by atoms with Gasteiger partial charge in [-0.1, -0.05) is 65.3 Å². The van der Waals surface area contributed by atoms with E-state index in [4.69, 9.17) is 37.8 Å². The number of hydrogen-bond donors (Lipinski definition) is 2. The van der Waals surface area contributed by atoms with Crippen LogP contribution in [0.25, 0.3) is 17.3 Å². The van der Waals surface area contributed by atoms with Crippen molar-refractivity contribution in [3.05, 3.63) is 66.4 Å². The van der Waals surface area contributed by atoms with Gasteiger partial charge in [0, 0.05) is 44.3 Å². The number of thiazole rings is 1. The van der Waals surface area contributed by atoms with Crippen molar-refractivity contribution in [2.45, 2.75) is 52.6 Å². The van der Waals surface area contributed by atoms with Crippen LogP contribution in [0.1, 0.15) is 74.0 Å². The fourth-order valence-corrected chi connectivity index (χ4v) is 5.75. The van der Waals surface area contributed by atoms with E-state index in [1.54, 1.807) is 7.11 Å². The van der Waals surface area contributed by atoms with Crippen molar-refractivity contribution in [2.24, 2.45) is 0 Å². The van der Waals surface area contributed by atoms with Gasteiger partial charge >= 0.3 is 5.97 Å². The van der Waals surface area contributed by atoms with Crippen LogP contribution >= 0.6 is 50.5 Å². The van der Waals surface area contributed by atoms with E-state index >= 15 is 0 Å². The van der Waals surface area contributed by atoms with E-state index < -0.39 is 11.9 Å². The minimum Gasteiger partial charge on any atom is -0.496 e. The highest BCUT2D eigenvalue weighted by molar-refractivity contribution is 9.10. The topological polar surface area (TPSA) is 97.8 Å². The first-order chi connectivity index (χ1) is 19.0. The molecule has 0 aliphatic heterocycles. The first kappa shape index (κ1) is 32.1. The average Bonchev–Trinajstić information content (AvgIpc) is 3.37. The number of nitrogens with zero attached hydrogens (tertiary/aromatic N) is 1. The lowest BCUT2D eigenvalue weighted by Gasteiger charge is -2.19. The van der Waals surface area contributed by atoms with Gasteiger partial charge in [0.05, 0.1) is 29.0 Å². The van der Waals surface area contributed by atoms with Crippen LogP contribution in [0.5, 0.6) is 5.75 Å². The molecule has 0 unspecified atom stereocenters. The molecular weight excluding hydrogens is 639 g/mol. The number of rotatable bonds is 13. The van der Waals surface area contributed by atoms with Crippen molar-refractivity contribution < 1.29 is 24.2 Å². The first-order valence-corrected chi connectivity index (χ1v) is 15.1. The van der Waals surface area contributed by atoms with Crippen molar-refractivity contribution in [1.82, 2.24) is 4.98 Å². The van der Waals surface area contributed by atoms with Crippen LogP contribution in [0.15, 0.2) is 39.7 Å². The van der Waals surface area contributed by atoms with Crippen LogP contribution in [0.3, 0.4) is 0 Å². The second-order valence-corrected chi connectivity index (χ2v) is 11.7. The molecule has 0 saturated carbocycles. The van der Waals surface area contributed by atoms with Crippen LogP contribution in [-0.2, 0) is 9.53 Å². The Morgan fingerprint density at radius 1 is 1.18 bits per heavy atom. The number of carboxylic acids is 1. The molecule has 3 aromatic rings. The normalized spacial score (nSPS) is 12.3. The van der Waals surface area contributed by atoms with Crippen molar-refractivity contribution in [3.8, 4) is 17.0 Å². The predicted molar refractivity (Wildman–Crippen MR) is 166 cm³/mol. The number of carbonyl (C=O) groups is 2. The number of carbonyl (C=O) groups excluding carboxylic acids is 1. The molecule has 1 aromatic heterocycles. The molecule has 1 amide bonds. The minimum atomic E-state index is -1.09. The number of aromatic nitrogens is 1. The summed E-state index contributed by atoms with van der Waals surface area (Å²) in [6.07, 6.45) is 5.70. The molecule has 0 aliphatic carbocycles. The fraction of sp³-hybridized carbons (Fsp3) is 0.345.